The van der Waals surface area contributed by atoms with Gasteiger partial charge >= 0.3 is 0 Å². The van der Waals surface area contributed by atoms with Crippen LogP contribution in [0.15, 0.2) is 33.6 Å². The molecule has 0 unspecified atom stereocenters. The Bertz CT molecular complexity index is 1070. The Morgan fingerprint density at radius 1 is 1.34 bits per heavy atom. The second kappa shape index (κ2) is 8.22. The number of nitrogens with two attached hydrogens (primary N) is 1. The molecule has 1 fully saturated rings. The number of carbonyl (C=O) groups is 1. The van der Waals surface area contributed by atoms with Gasteiger partial charge in [-0.25, -0.2) is 9.97 Å². The first-order chi connectivity index (χ1) is 13.8. The second-order valence-electron chi connectivity index (χ2n) is 7.13. The van der Waals surface area contributed by atoms with Crippen molar-refractivity contribution in [1.82, 2.24) is 9.97 Å². The minimum absolute atomic E-state index is 0.325. The monoisotopic (exact) mass is 492 g/mol. The van der Waals surface area contributed by atoms with Crippen molar-refractivity contribution in [2.75, 3.05) is 11.4 Å². The molecular weight excluding hydrogens is 472 g/mol. The molecular formula is C20H21BrN4O2S2. The van der Waals surface area contributed by atoms with Gasteiger partial charge in [0.25, 0.3) is 0 Å². The number of thioether (sulfide) groups is 1. The molecule has 1 amide bonds. The SMILES string of the molecule is Cc1sc2nc(CSc3ccc(Br)cc3)nc(N3C[C@@H](O)C[C@@H]3C(N)=O)c2c1C. The van der Waals surface area contributed by atoms with Gasteiger partial charge in [-0.1, -0.05) is 15.9 Å². The van der Waals surface area contributed by atoms with Crippen LogP contribution in [0, 0.1) is 13.8 Å². The van der Waals surface area contributed by atoms with E-state index in [9.17, 15) is 9.90 Å². The standard InChI is InChI=1S/C20H21BrN4O2S2/c1-10-11(2)29-20-17(10)19(25-8-13(26)7-15(25)18(22)27)23-16(24-20)9-28-14-5-3-12(21)4-6-14/h3-6,13,15,26H,7-9H2,1-2H3,(H2,22,27)/t13-,15+/m0/s1. The number of primary amides is 1. The van der Waals surface area contributed by atoms with E-state index in [4.69, 9.17) is 15.7 Å². The van der Waals surface area contributed by atoms with Gasteiger partial charge in [-0.3, -0.25) is 4.79 Å². The lowest BCUT2D eigenvalue weighted by Gasteiger charge is -2.24. The largest absolute Gasteiger partial charge is 0.391 e. The third-order valence-electron chi connectivity index (χ3n) is 5.12. The molecule has 3 N–H and O–H groups in total. The van der Waals surface area contributed by atoms with Crippen molar-refractivity contribution in [1.29, 1.82) is 0 Å². The molecule has 6 nitrogen and oxygen atoms in total. The summed E-state index contributed by atoms with van der Waals surface area (Å²) in [6.07, 6.45) is -0.274. The Balaban J connectivity index is 1.73. The average Bonchev–Trinajstić information content (AvgIpc) is 3.21. The third-order valence-corrected chi connectivity index (χ3v) is 7.75. The summed E-state index contributed by atoms with van der Waals surface area (Å²) >= 11 is 6.74. The number of hydrogen-bond donors (Lipinski definition) is 2. The summed E-state index contributed by atoms with van der Waals surface area (Å²) < 4.78 is 1.04. The minimum Gasteiger partial charge on any atom is -0.391 e. The van der Waals surface area contributed by atoms with Crippen LogP contribution in [0.4, 0.5) is 5.82 Å². The van der Waals surface area contributed by atoms with Crippen molar-refractivity contribution in [2.24, 2.45) is 5.73 Å². The van der Waals surface area contributed by atoms with Crippen LogP contribution in [0.2, 0.25) is 0 Å². The molecule has 2 atom stereocenters. The minimum atomic E-state index is -0.599. The van der Waals surface area contributed by atoms with Crippen LogP contribution < -0.4 is 10.6 Å². The number of anilines is 1. The second-order valence-corrected chi connectivity index (χ2v) is 10.3. The van der Waals surface area contributed by atoms with Crippen molar-refractivity contribution in [2.45, 2.75) is 43.1 Å². The number of aryl methyl sites for hydroxylation is 2. The number of aliphatic hydroxyl groups excluding tert-OH is 1. The van der Waals surface area contributed by atoms with Crippen LogP contribution in [0.5, 0.6) is 0 Å². The number of fused-ring (bicyclic) bond motifs is 1. The molecule has 2 aromatic heterocycles. The number of rotatable bonds is 5. The molecule has 9 heteroatoms. The molecule has 1 aliphatic rings. The highest BCUT2D eigenvalue weighted by Gasteiger charge is 2.37. The normalized spacial score (nSPS) is 19.2. The number of halogens is 1. The first-order valence-corrected chi connectivity index (χ1v) is 11.8. The maximum absolute atomic E-state index is 12.0. The molecule has 152 valence electrons. The van der Waals surface area contributed by atoms with Crippen LogP contribution in [0.3, 0.4) is 0 Å². The number of amides is 1. The van der Waals surface area contributed by atoms with Gasteiger partial charge in [0.05, 0.1) is 17.2 Å². The zero-order valence-electron chi connectivity index (χ0n) is 16.1. The Morgan fingerprint density at radius 2 is 2.07 bits per heavy atom. The molecule has 0 saturated carbocycles. The van der Waals surface area contributed by atoms with Gasteiger partial charge in [-0.15, -0.1) is 23.1 Å². The smallest absolute Gasteiger partial charge is 0.240 e. The third kappa shape index (κ3) is 4.14. The molecule has 0 bridgehead atoms. The number of nitrogens with zero attached hydrogens (tertiary/aromatic N) is 3. The van der Waals surface area contributed by atoms with E-state index >= 15 is 0 Å². The molecule has 4 rings (SSSR count). The summed E-state index contributed by atoms with van der Waals surface area (Å²) in [6, 6.07) is 7.55. The fraction of sp³-hybridized carbons (Fsp3) is 0.350. The number of aliphatic hydroxyl groups is 1. The topological polar surface area (TPSA) is 92.3 Å². The lowest BCUT2D eigenvalue weighted by molar-refractivity contribution is -0.119. The molecule has 3 heterocycles. The van der Waals surface area contributed by atoms with Crippen LogP contribution >= 0.6 is 39.0 Å². The fourth-order valence-electron chi connectivity index (χ4n) is 3.54. The number of benzene rings is 1. The summed E-state index contributed by atoms with van der Waals surface area (Å²) in [6.45, 7) is 4.45. The molecule has 1 saturated heterocycles. The zero-order valence-corrected chi connectivity index (χ0v) is 19.3. The number of thiophene rings is 1. The van der Waals surface area contributed by atoms with Gasteiger partial charge in [-0.2, -0.15) is 0 Å². The van der Waals surface area contributed by atoms with Gasteiger partial charge in [0.15, 0.2) is 0 Å². The lowest BCUT2D eigenvalue weighted by Crippen LogP contribution is -2.41. The highest BCUT2D eigenvalue weighted by atomic mass is 79.9. The van der Waals surface area contributed by atoms with Gasteiger partial charge in [0.1, 0.15) is 22.5 Å². The van der Waals surface area contributed by atoms with Crippen molar-refractivity contribution in [3.05, 3.63) is 45.0 Å². The average molecular weight is 493 g/mol. The van der Waals surface area contributed by atoms with Crippen LogP contribution in [-0.4, -0.2) is 39.7 Å². The maximum Gasteiger partial charge on any atom is 0.240 e. The Kier molecular flexibility index (Phi) is 5.83. The van der Waals surface area contributed by atoms with E-state index < -0.39 is 18.1 Å². The van der Waals surface area contributed by atoms with Crippen molar-refractivity contribution in [3.63, 3.8) is 0 Å². The number of carbonyl (C=O) groups excluding carboxylic acids is 1. The van der Waals surface area contributed by atoms with Crippen molar-refractivity contribution < 1.29 is 9.90 Å². The maximum atomic E-state index is 12.0. The van der Waals surface area contributed by atoms with E-state index in [1.807, 2.05) is 36.1 Å². The van der Waals surface area contributed by atoms with Gasteiger partial charge < -0.3 is 15.7 Å². The fourth-order valence-corrected chi connectivity index (χ4v) is 5.60. The number of hydrogen-bond acceptors (Lipinski definition) is 7. The molecule has 3 aromatic rings. The Hall–Kier alpha value is -1.68. The zero-order chi connectivity index (χ0) is 20.7. The van der Waals surface area contributed by atoms with Crippen molar-refractivity contribution >= 4 is 61.0 Å². The van der Waals surface area contributed by atoms with E-state index in [1.165, 1.54) is 4.88 Å². The quantitative estimate of drug-likeness (QED) is 0.526. The van der Waals surface area contributed by atoms with Crippen LogP contribution in [0.1, 0.15) is 22.7 Å². The van der Waals surface area contributed by atoms with E-state index in [1.54, 1.807) is 23.1 Å². The van der Waals surface area contributed by atoms with E-state index in [2.05, 4.69) is 22.9 Å². The highest BCUT2D eigenvalue weighted by molar-refractivity contribution is 9.10. The van der Waals surface area contributed by atoms with Crippen LogP contribution in [-0.2, 0) is 10.5 Å². The molecule has 0 aliphatic carbocycles. The molecule has 1 aliphatic heterocycles. The Labute approximate surface area is 185 Å². The van der Waals surface area contributed by atoms with E-state index in [0.717, 1.165) is 25.1 Å². The summed E-state index contributed by atoms with van der Waals surface area (Å²) in [5.41, 5.74) is 6.73. The lowest BCUT2D eigenvalue weighted by atomic mass is 10.1. The summed E-state index contributed by atoms with van der Waals surface area (Å²) in [5, 5.41) is 11.1. The first-order valence-electron chi connectivity index (χ1n) is 9.22. The molecule has 0 radical (unpaired) electrons. The van der Waals surface area contributed by atoms with Crippen molar-refractivity contribution in [3.8, 4) is 0 Å². The summed E-state index contributed by atoms with van der Waals surface area (Å²) in [7, 11) is 0. The predicted octanol–water partition coefficient (Wildman–Crippen LogP) is 3.79. The number of β-amino-alcohol motifs (C(OH)–C–C–N with tert-alkyl or cyclic N) is 1. The highest BCUT2D eigenvalue weighted by Crippen LogP contribution is 2.38. The summed E-state index contributed by atoms with van der Waals surface area (Å²) in [4.78, 5) is 26.7. The predicted molar refractivity (Wildman–Crippen MR) is 122 cm³/mol. The number of aromatic nitrogens is 2. The first kappa shape index (κ1) is 20.6. The van der Waals surface area contributed by atoms with Gasteiger partial charge in [0, 0.05) is 27.2 Å². The van der Waals surface area contributed by atoms with Gasteiger partial charge in [-0.05, 0) is 43.7 Å². The van der Waals surface area contributed by atoms with Gasteiger partial charge in [0.2, 0.25) is 5.91 Å². The van der Waals surface area contributed by atoms with E-state index in [-0.39, 0.29) is 0 Å². The summed E-state index contributed by atoms with van der Waals surface area (Å²) in [5.74, 6) is 1.57. The molecule has 1 aromatic carbocycles. The molecule has 29 heavy (non-hydrogen) atoms. The van der Waals surface area contributed by atoms with Crippen LogP contribution in [0.25, 0.3) is 10.2 Å². The van der Waals surface area contributed by atoms with E-state index in [0.29, 0.717) is 30.4 Å². The molecule has 0 spiro atoms. The Morgan fingerprint density at radius 3 is 2.76 bits per heavy atom.